The highest BCUT2D eigenvalue weighted by Crippen LogP contribution is 2.07. The van der Waals surface area contributed by atoms with Crippen LogP contribution >= 0.6 is 0 Å². The molecule has 0 unspecified atom stereocenters. The summed E-state index contributed by atoms with van der Waals surface area (Å²) in [4.78, 5) is 0. The Labute approximate surface area is 68.7 Å². The van der Waals surface area contributed by atoms with E-state index in [1.807, 2.05) is 0 Å². The highest BCUT2D eigenvalue weighted by atomic mass is 14.9. The first kappa shape index (κ1) is 8.25. The van der Waals surface area contributed by atoms with Crippen molar-refractivity contribution in [2.75, 3.05) is 0 Å². The minimum Gasteiger partial charge on any atom is -0.203 e. The summed E-state index contributed by atoms with van der Waals surface area (Å²) in [5.41, 5.74) is 5.45. The van der Waals surface area contributed by atoms with E-state index in [9.17, 15) is 0 Å². The van der Waals surface area contributed by atoms with Crippen molar-refractivity contribution in [3.63, 3.8) is 0 Å². The van der Waals surface area contributed by atoms with Crippen molar-refractivity contribution in [3.8, 4) is 0 Å². The van der Waals surface area contributed by atoms with Crippen molar-refractivity contribution in [3.05, 3.63) is 28.6 Å². The van der Waals surface area contributed by atoms with Gasteiger partial charge < -0.3 is 0 Å². The lowest BCUT2D eigenvalue weighted by Crippen LogP contribution is -2.37. The third kappa shape index (κ3) is 1.28. The van der Waals surface area contributed by atoms with Crippen molar-refractivity contribution in [1.82, 2.24) is 0 Å². The van der Waals surface area contributed by atoms with E-state index < -0.39 is 0 Å². The number of nitrogens with zero attached hydrogens (tertiary/aromatic N) is 1. The van der Waals surface area contributed by atoms with Crippen LogP contribution in [-0.4, -0.2) is 0 Å². The molecular formula is C10H16N+. The lowest BCUT2D eigenvalue weighted by atomic mass is 10.1. The fourth-order valence-electron chi connectivity index (χ4n) is 1.31. The second kappa shape index (κ2) is 2.65. The Hall–Kier alpha value is -0.850. The lowest BCUT2D eigenvalue weighted by molar-refractivity contribution is -0.684. The van der Waals surface area contributed by atoms with Gasteiger partial charge >= 0.3 is 0 Å². The van der Waals surface area contributed by atoms with E-state index in [4.69, 9.17) is 0 Å². The average molecular weight is 150 g/mol. The largest absolute Gasteiger partial charge is 0.203 e. The highest BCUT2D eigenvalue weighted by Gasteiger charge is 2.10. The van der Waals surface area contributed by atoms with Crippen LogP contribution in [0.5, 0.6) is 0 Å². The molecular weight excluding hydrogens is 134 g/mol. The molecule has 0 amide bonds. The van der Waals surface area contributed by atoms with Crippen LogP contribution in [0.25, 0.3) is 0 Å². The van der Waals surface area contributed by atoms with Crippen molar-refractivity contribution >= 4 is 0 Å². The normalized spacial score (nSPS) is 10.3. The summed E-state index contributed by atoms with van der Waals surface area (Å²) in [6, 6.07) is 2.24. The molecule has 0 aliphatic rings. The van der Waals surface area contributed by atoms with E-state index in [1.54, 1.807) is 0 Å². The molecule has 1 aromatic heterocycles. The van der Waals surface area contributed by atoms with Crippen molar-refractivity contribution in [1.29, 1.82) is 0 Å². The van der Waals surface area contributed by atoms with E-state index in [1.165, 1.54) is 22.5 Å². The smallest absolute Gasteiger partial charge is 0.181 e. The van der Waals surface area contributed by atoms with E-state index in [2.05, 4.69) is 45.4 Å². The van der Waals surface area contributed by atoms with Gasteiger partial charge in [0, 0.05) is 25.0 Å². The van der Waals surface area contributed by atoms with Crippen molar-refractivity contribution < 1.29 is 4.57 Å². The van der Waals surface area contributed by atoms with Gasteiger partial charge in [-0.15, -0.1) is 0 Å². The van der Waals surface area contributed by atoms with E-state index >= 15 is 0 Å². The molecule has 1 heterocycles. The Kier molecular flexibility index (Phi) is 1.99. The van der Waals surface area contributed by atoms with Gasteiger partial charge in [-0.3, -0.25) is 0 Å². The first-order chi connectivity index (χ1) is 5.04. The molecule has 0 N–H and O–H groups in total. The Bertz CT molecular complexity index is 261. The molecule has 0 bridgehead atoms. The number of pyridine rings is 1. The van der Waals surface area contributed by atoms with Crippen LogP contribution in [0.15, 0.2) is 6.07 Å². The zero-order valence-electron chi connectivity index (χ0n) is 8.02. The van der Waals surface area contributed by atoms with Gasteiger partial charge in [0.25, 0.3) is 0 Å². The van der Waals surface area contributed by atoms with E-state index in [0.717, 1.165) is 0 Å². The summed E-state index contributed by atoms with van der Waals surface area (Å²) in [5, 5.41) is 0. The van der Waals surface area contributed by atoms with Crippen molar-refractivity contribution in [2.45, 2.75) is 27.7 Å². The summed E-state index contributed by atoms with van der Waals surface area (Å²) in [6.07, 6.45) is 0. The highest BCUT2D eigenvalue weighted by molar-refractivity contribution is 5.22. The molecule has 11 heavy (non-hydrogen) atoms. The number of hydrogen-bond donors (Lipinski definition) is 0. The molecule has 0 atom stereocenters. The molecule has 0 aliphatic heterocycles. The molecule has 0 spiro atoms. The maximum atomic E-state index is 2.24. The van der Waals surface area contributed by atoms with Gasteiger partial charge in [-0.2, -0.15) is 0 Å². The van der Waals surface area contributed by atoms with Gasteiger partial charge in [0.1, 0.15) is 7.05 Å². The first-order valence-electron chi connectivity index (χ1n) is 3.97. The van der Waals surface area contributed by atoms with Gasteiger partial charge in [-0.25, -0.2) is 4.57 Å². The molecule has 1 rings (SSSR count). The monoisotopic (exact) mass is 150 g/mol. The van der Waals surface area contributed by atoms with E-state index in [-0.39, 0.29) is 0 Å². The number of rotatable bonds is 0. The zero-order chi connectivity index (χ0) is 8.59. The van der Waals surface area contributed by atoms with Crippen LogP contribution in [0, 0.1) is 27.7 Å². The van der Waals surface area contributed by atoms with Crippen LogP contribution < -0.4 is 4.57 Å². The third-order valence-electron chi connectivity index (χ3n) is 2.58. The minimum atomic E-state index is 1.35. The van der Waals surface area contributed by atoms with Gasteiger partial charge in [0.05, 0.1) is 0 Å². The summed E-state index contributed by atoms with van der Waals surface area (Å²) in [6.45, 7) is 8.62. The Morgan fingerprint density at radius 2 is 1.27 bits per heavy atom. The van der Waals surface area contributed by atoms with Crippen molar-refractivity contribution in [2.24, 2.45) is 7.05 Å². The van der Waals surface area contributed by atoms with Crippen LogP contribution in [0.3, 0.4) is 0 Å². The maximum absolute atomic E-state index is 2.24. The molecule has 1 aromatic rings. The minimum absolute atomic E-state index is 1.35. The number of aryl methyl sites for hydroxylation is 2. The summed E-state index contributed by atoms with van der Waals surface area (Å²) < 4.78 is 2.24. The van der Waals surface area contributed by atoms with Crippen LogP contribution in [0.1, 0.15) is 22.5 Å². The summed E-state index contributed by atoms with van der Waals surface area (Å²) >= 11 is 0. The molecule has 60 valence electrons. The first-order valence-corrected chi connectivity index (χ1v) is 3.97. The van der Waals surface area contributed by atoms with Crippen LogP contribution in [0.4, 0.5) is 0 Å². The molecule has 0 fully saturated rings. The predicted octanol–water partition coefficient (Wildman–Crippen LogP) is 1.74. The standard InChI is InChI=1S/C10H16N/c1-7-6-8(2)10(4)11(5)9(7)3/h6H,1-5H3/q+1. The quantitative estimate of drug-likeness (QED) is 0.496. The molecule has 1 nitrogen and oxygen atoms in total. The summed E-state index contributed by atoms with van der Waals surface area (Å²) in [5.74, 6) is 0. The molecule has 0 aliphatic carbocycles. The Balaban J connectivity index is 3.46. The van der Waals surface area contributed by atoms with Gasteiger partial charge in [-0.1, -0.05) is 0 Å². The number of aromatic nitrogens is 1. The zero-order valence-corrected chi connectivity index (χ0v) is 8.02. The van der Waals surface area contributed by atoms with Crippen LogP contribution in [0.2, 0.25) is 0 Å². The SMILES string of the molecule is Cc1cc(C)c(C)[n+](C)c1C. The fourth-order valence-corrected chi connectivity index (χ4v) is 1.31. The number of hydrogen-bond acceptors (Lipinski definition) is 0. The molecule has 0 aromatic carbocycles. The molecule has 1 heteroatoms. The molecule has 0 saturated carbocycles. The van der Waals surface area contributed by atoms with Gasteiger partial charge in [-0.05, 0) is 19.9 Å². The molecule has 0 radical (unpaired) electrons. The van der Waals surface area contributed by atoms with E-state index in [0.29, 0.717) is 0 Å². The Morgan fingerprint density at radius 3 is 1.64 bits per heavy atom. The summed E-state index contributed by atoms with van der Waals surface area (Å²) in [7, 11) is 2.12. The van der Waals surface area contributed by atoms with Gasteiger partial charge in [0.2, 0.25) is 0 Å². The second-order valence-electron chi connectivity index (χ2n) is 3.24. The second-order valence-corrected chi connectivity index (χ2v) is 3.24. The topological polar surface area (TPSA) is 3.88 Å². The average Bonchev–Trinajstić information content (AvgIpc) is 1.97. The fraction of sp³-hybridized carbons (Fsp3) is 0.500. The third-order valence-corrected chi connectivity index (χ3v) is 2.58. The Morgan fingerprint density at radius 1 is 0.909 bits per heavy atom. The predicted molar refractivity (Wildman–Crippen MR) is 46.6 cm³/mol. The lowest BCUT2D eigenvalue weighted by Gasteiger charge is -2.03. The van der Waals surface area contributed by atoms with Gasteiger partial charge in [0.15, 0.2) is 11.4 Å². The maximum Gasteiger partial charge on any atom is 0.181 e. The molecule has 0 saturated heterocycles. The van der Waals surface area contributed by atoms with Crippen LogP contribution in [-0.2, 0) is 7.05 Å².